The van der Waals surface area contributed by atoms with Crippen LogP contribution in [-0.2, 0) is 4.74 Å². The lowest BCUT2D eigenvalue weighted by Crippen LogP contribution is -2.41. The quantitative estimate of drug-likeness (QED) is 0.805. The number of morpholine rings is 1. The third-order valence-electron chi connectivity index (χ3n) is 3.37. The van der Waals surface area contributed by atoms with E-state index in [2.05, 4.69) is 30.5 Å². The first-order valence-corrected chi connectivity index (χ1v) is 8.26. The SMILES string of the molecule is O=C(NCCN1CCOCC1)c1csc(Nc2ccncn2)n1. The first-order chi connectivity index (χ1) is 11.3. The number of nitrogens with zero attached hydrogens (tertiary/aromatic N) is 4. The van der Waals surface area contributed by atoms with Gasteiger partial charge in [-0.3, -0.25) is 9.69 Å². The molecular formula is C14H18N6O2S. The normalized spacial score (nSPS) is 15.3. The van der Waals surface area contributed by atoms with E-state index in [-0.39, 0.29) is 5.91 Å². The van der Waals surface area contributed by atoms with Gasteiger partial charge in [-0.1, -0.05) is 0 Å². The van der Waals surface area contributed by atoms with E-state index in [0.717, 1.165) is 32.8 Å². The third kappa shape index (κ3) is 4.68. The van der Waals surface area contributed by atoms with Crippen molar-refractivity contribution in [1.82, 2.24) is 25.2 Å². The van der Waals surface area contributed by atoms with E-state index in [4.69, 9.17) is 4.74 Å². The molecule has 2 N–H and O–H groups in total. The number of rotatable bonds is 6. The van der Waals surface area contributed by atoms with Gasteiger partial charge in [0, 0.05) is 37.8 Å². The van der Waals surface area contributed by atoms with Gasteiger partial charge in [0.15, 0.2) is 5.13 Å². The summed E-state index contributed by atoms with van der Waals surface area (Å²) < 4.78 is 5.29. The molecule has 1 fully saturated rings. The number of ether oxygens (including phenoxy) is 1. The maximum Gasteiger partial charge on any atom is 0.270 e. The Hall–Kier alpha value is -2.10. The summed E-state index contributed by atoms with van der Waals surface area (Å²) >= 11 is 1.36. The highest BCUT2D eigenvalue weighted by molar-refractivity contribution is 7.14. The van der Waals surface area contributed by atoms with Crippen LogP contribution < -0.4 is 10.6 Å². The second-order valence-electron chi connectivity index (χ2n) is 4.97. The number of carbonyl (C=O) groups is 1. The van der Waals surface area contributed by atoms with E-state index >= 15 is 0 Å². The van der Waals surface area contributed by atoms with Crippen molar-refractivity contribution in [2.75, 3.05) is 44.7 Å². The molecule has 3 rings (SSSR count). The molecule has 0 saturated carbocycles. The summed E-state index contributed by atoms with van der Waals surface area (Å²) in [5, 5.41) is 8.29. The highest BCUT2D eigenvalue weighted by Gasteiger charge is 2.13. The maximum absolute atomic E-state index is 12.1. The van der Waals surface area contributed by atoms with Crippen molar-refractivity contribution >= 4 is 28.2 Å². The molecule has 122 valence electrons. The van der Waals surface area contributed by atoms with Crippen LogP contribution in [0.3, 0.4) is 0 Å². The predicted molar refractivity (Wildman–Crippen MR) is 87.0 cm³/mol. The number of amides is 1. The highest BCUT2D eigenvalue weighted by atomic mass is 32.1. The van der Waals surface area contributed by atoms with E-state index in [9.17, 15) is 4.79 Å². The number of aromatic nitrogens is 3. The minimum absolute atomic E-state index is 0.162. The molecule has 9 heteroatoms. The van der Waals surface area contributed by atoms with Crippen molar-refractivity contribution in [1.29, 1.82) is 0 Å². The summed E-state index contributed by atoms with van der Waals surface area (Å²) in [5.41, 5.74) is 0.411. The number of hydrogen-bond donors (Lipinski definition) is 2. The summed E-state index contributed by atoms with van der Waals surface area (Å²) in [7, 11) is 0. The molecule has 0 aliphatic carbocycles. The minimum Gasteiger partial charge on any atom is -0.379 e. The van der Waals surface area contributed by atoms with Crippen LogP contribution in [0.1, 0.15) is 10.5 Å². The smallest absolute Gasteiger partial charge is 0.270 e. The predicted octanol–water partition coefficient (Wildman–Crippen LogP) is 0.739. The van der Waals surface area contributed by atoms with E-state index in [1.807, 2.05) is 0 Å². The van der Waals surface area contributed by atoms with Gasteiger partial charge in [0.25, 0.3) is 5.91 Å². The van der Waals surface area contributed by atoms with Crippen LogP contribution in [0.2, 0.25) is 0 Å². The lowest BCUT2D eigenvalue weighted by Gasteiger charge is -2.26. The lowest BCUT2D eigenvalue weighted by molar-refractivity contribution is 0.0383. The summed E-state index contributed by atoms with van der Waals surface area (Å²) in [5.74, 6) is 0.485. The van der Waals surface area contributed by atoms with Crippen LogP contribution in [-0.4, -0.2) is 65.2 Å². The highest BCUT2D eigenvalue weighted by Crippen LogP contribution is 2.18. The van der Waals surface area contributed by atoms with Crippen LogP contribution in [0, 0.1) is 0 Å². The Morgan fingerprint density at radius 1 is 1.39 bits per heavy atom. The first-order valence-electron chi connectivity index (χ1n) is 7.38. The molecule has 0 unspecified atom stereocenters. The number of anilines is 2. The van der Waals surface area contributed by atoms with E-state index < -0.39 is 0 Å². The van der Waals surface area contributed by atoms with Gasteiger partial charge in [-0.25, -0.2) is 15.0 Å². The zero-order valence-corrected chi connectivity index (χ0v) is 13.4. The van der Waals surface area contributed by atoms with Crippen LogP contribution in [0.4, 0.5) is 10.9 Å². The molecule has 1 amide bonds. The fourth-order valence-electron chi connectivity index (χ4n) is 2.15. The summed E-state index contributed by atoms with van der Waals surface area (Å²) in [6.07, 6.45) is 3.09. The Morgan fingerprint density at radius 3 is 3.04 bits per heavy atom. The van der Waals surface area contributed by atoms with Gasteiger partial charge in [0.1, 0.15) is 17.8 Å². The fraction of sp³-hybridized carbons (Fsp3) is 0.429. The molecule has 23 heavy (non-hydrogen) atoms. The van der Waals surface area contributed by atoms with Crippen LogP contribution in [0.5, 0.6) is 0 Å². The van der Waals surface area contributed by atoms with Crippen molar-refractivity contribution in [2.45, 2.75) is 0 Å². The van der Waals surface area contributed by atoms with E-state index in [1.165, 1.54) is 17.7 Å². The summed E-state index contributed by atoms with van der Waals surface area (Å²) in [4.78, 5) is 26.5. The molecule has 0 atom stereocenters. The molecule has 1 aliphatic rings. The summed E-state index contributed by atoms with van der Waals surface area (Å²) in [6.45, 7) is 4.78. The largest absolute Gasteiger partial charge is 0.379 e. The average Bonchev–Trinajstić information content (AvgIpc) is 3.05. The standard InChI is InChI=1S/C14H18N6O2S/c21-13(16-3-4-20-5-7-22-8-6-20)11-9-23-14(18-11)19-12-1-2-15-10-17-12/h1-2,9-10H,3-8H2,(H,16,21)(H,15,17,18,19). The van der Waals surface area contributed by atoms with Crippen molar-refractivity contribution in [3.05, 3.63) is 29.7 Å². The minimum atomic E-state index is -0.162. The van der Waals surface area contributed by atoms with Crippen LogP contribution in [0.15, 0.2) is 24.0 Å². The van der Waals surface area contributed by atoms with Crippen LogP contribution >= 0.6 is 11.3 Å². The van der Waals surface area contributed by atoms with Crippen molar-refractivity contribution in [2.24, 2.45) is 0 Å². The van der Waals surface area contributed by atoms with E-state index in [1.54, 1.807) is 17.6 Å². The average molecular weight is 334 g/mol. The molecule has 0 spiro atoms. The van der Waals surface area contributed by atoms with Gasteiger partial charge >= 0.3 is 0 Å². The van der Waals surface area contributed by atoms with Crippen molar-refractivity contribution in [3.63, 3.8) is 0 Å². The van der Waals surface area contributed by atoms with Gasteiger partial charge < -0.3 is 15.4 Å². The zero-order valence-electron chi connectivity index (χ0n) is 12.6. The second-order valence-corrected chi connectivity index (χ2v) is 5.83. The lowest BCUT2D eigenvalue weighted by atomic mass is 10.4. The molecule has 8 nitrogen and oxygen atoms in total. The topological polar surface area (TPSA) is 92.3 Å². The molecule has 1 saturated heterocycles. The van der Waals surface area contributed by atoms with Gasteiger partial charge in [-0.05, 0) is 6.07 Å². The third-order valence-corrected chi connectivity index (χ3v) is 4.13. The molecule has 2 aromatic heterocycles. The number of nitrogens with one attached hydrogen (secondary N) is 2. The second kappa shape index (κ2) is 7.95. The van der Waals surface area contributed by atoms with Crippen molar-refractivity contribution in [3.8, 4) is 0 Å². The number of carbonyl (C=O) groups excluding carboxylic acids is 1. The molecule has 1 aliphatic heterocycles. The number of hydrogen-bond acceptors (Lipinski definition) is 8. The van der Waals surface area contributed by atoms with Crippen LogP contribution in [0.25, 0.3) is 0 Å². The van der Waals surface area contributed by atoms with Gasteiger partial charge in [0.05, 0.1) is 13.2 Å². The molecule has 0 radical (unpaired) electrons. The molecule has 3 heterocycles. The molecule has 0 bridgehead atoms. The van der Waals surface area contributed by atoms with Gasteiger partial charge in [-0.15, -0.1) is 11.3 Å². The summed E-state index contributed by atoms with van der Waals surface area (Å²) in [6, 6.07) is 1.74. The maximum atomic E-state index is 12.1. The zero-order chi connectivity index (χ0) is 15.9. The van der Waals surface area contributed by atoms with Gasteiger partial charge in [-0.2, -0.15) is 0 Å². The van der Waals surface area contributed by atoms with E-state index in [0.29, 0.717) is 23.2 Å². The van der Waals surface area contributed by atoms with Crippen molar-refractivity contribution < 1.29 is 9.53 Å². The fourth-order valence-corrected chi connectivity index (χ4v) is 2.85. The Bertz CT molecular complexity index is 629. The Labute approximate surface area is 137 Å². The Kier molecular flexibility index (Phi) is 5.46. The Morgan fingerprint density at radius 2 is 2.26 bits per heavy atom. The Balaban J connectivity index is 1.46. The number of thiazole rings is 1. The molecular weight excluding hydrogens is 316 g/mol. The first kappa shape index (κ1) is 15.8. The molecule has 0 aromatic carbocycles. The van der Waals surface area contributed by atoms with Gasteiger partial charge in [0.2, 0.25) is 0 Å². The monoisotopic (exact) mass is 334 g/mol. The molecule has 2 aromatic rings.